The highest BCUT2D eigenvalue weighted by Gasteiger charge is 2.32. The maximum atomic E-state index is 13.0. The van der Waals surface area contributed by atoms with Gasteiger partial charge in [-0.1, -0.05) is 42.5 Å². The van der Waals surface area contributed by atoms with E-state index in [9.17, 15) is 23.2 Å². The first-order chi connectivity index (χ1) is 16.4. The number of ether oxygens (including phenoxy) is 2. The van der Waals surface area contributed by atoms with Crippen molar-refractivity contribution in [1.29, 1.82) is 0 Å². The number of carbonyl (C=O) groups is 3. The molecule has 2 aromatic carbocycles. The number of amides is 2. The number of likely N-dealkylation sites (tertiary alicyclic amines) is 1. The van der Waals surface area contributed by atoms with E-state index in [1.54, 1.807) is 13.0 Å². The van der Waals surface area contributed by atoms with Crippen molar-refractivity contribution < 1.29 is 32.6 Å². The molecule has 0 spiro atoms. The minimum atomic E-state index is -3.06. The Morgan fingerprint density at radius 1 is 1.09 bits per heavy atom. The maximum Gasteiger partial charge on any atom is 0.387 e. The highest BCUT2D eigenvalue weighted by atomic mass is 19.3. The summed E-state index contributed by atoms with van der Waals surface area (Å²) in [4.78, 5) is 40.0. The molecule has 182 valence electrons. The number of benzene rings is 2. The third-order valence-corrected chi connectivity index (χ3v) is 5.58. The van der Waals surface area contributed by atoms with Crippen LogP contribution in [0.1, 0.15) is 35.7 Å². The molecule has 2 atom stereocenters. The van der Waals surface area contributed by atoms with Crippen LogP contribution in [0, 0.1) is 5.92 Å². The van der Waals surface area contributed by atoms with Crippen molar-refractivity contribution in [3.8, 4) is 5.75 Å². The van der Waals surface area contributed by atoms with Gasteiger partial charge in [-0.25, -0.2) is 4.79 Å². The molecule has 2 unspecified atom stereocenters. The number of para-hydroxylation sites is 1. The lowest BCUT2D eigenvalue weighted by molar-refractivity contribution is -0.148. The second-order valence-electron chi connectivity index (χ2n) is 7.97. The van der Waals surface area contributed by atoms with Crippen LogP contribution in [0.2, 0.25) is 0 Å². The lowest BCUT2D eigenvalue weighted by Crippen LogP contribution is -2.50. The van der Waals surface area contributed by atoms with Gasteiger partial charge in [-0.05, 0) is 37.5 Å². The van der Waals surface area contributed by atoms with Crippen LogP contribution >= 0.6 is 0 Å². The number of rotatable bonds is 9. The Labute approximate surface area is 197 Å². The molecule has 1 saturated heterocycles. The largest absolute Gasteiger partial charge is 0.464 e. The van der Waals surface area contributed by atoms with E-state index in [0.717, 1.165) is 5.56 Å². The van der Waals surface area contributed by atoms with E-state index in [1.807, 2.05) is 30.3 Å². The molecule has 0 saturated carbocycles. The van der Waals surface area contributed by atoms with Crippen molar-refractivity contribution in [3.63, 3.8) is 0 Å². The highest BCUT2D eigenvalue weighted by molar-refractivity contribution is 5.97. The molecule has 0 aliphatic carbocycles. The van der Waals surface area contributed by atoms with E-state index in [0.29, 0.717) is 19.4 Å². The molecule has 1 fully saturated rings. The molecule has 9 heteroatoms. The van der Waals surface area contributed by atoms with Crippen molar-refractivity contribution in [3.05, 3.63) is 65.7 Å². The molecule has 7 nitrogen and oxygen atoms in total. The van der Waals surface area contributed by atoms with Crippen LogP contribution in [-0.4, -0.2) is 55.0 Å². The van der Waals surface area contributed by atoms with Gasteiger partial charge in [0.1, 0.15) is 11.8 Å². The van der Waals surface area contributed by atoms with Gasteiger partial charge in [-0.2, -0.15) is 8.78 Å². The molecule has 0 aromatic heterocycles. The molecule has 1 heterocycles. The Morgan fingerprint density at radius 3 is 2.50 bits per heavy atom. The Hall–Kier alpha value is -3.49. The molecule has 3 rings (SSSR count). The Bertz CT molecular complexity index is 986. The van der Waals surface area contributed by atoms with Crippen LogP contribution in [0.3, 0.4) is 0 Å². The zero-order chi connectivity index (χ0) is 24.5. The SMILES string of the molecule is CCOC(=O)C(Cc1ccccc1)NC(=O)C1CCCN(C(=O)c2ccccc2OC(F)F)C1. The van der Waals surface area contributed by atoms with Crippen molar-refractivity contribution in [2.24, 2.45) is 5.92 Å². The molecule has 2 aromatic rings. The van der Waals surface area contributed by atoms with E-state index in [2.05, 4.69) is 10.1 Å². The number of carbonyl (C=O) groups excluding carboxylic acids is 3. The first kappa shape index (κ1) is 25.1. The summed E-state index contributed by atoms with van der Waals surface area (Å²) in [7, 11) is 0. The zero-order valence-corrected chi connectivity index (χ0v) is 18.9. The normalized spacial score (nSPS) is 16.6. The van der Waals surface area contributed by atoms with Crippen molar-refractivity contribution in [2.75, 3.05) is 19.7 Å². The van der Waals surface area contributed by atoms with Crippen LogP contribution in [0.4, 0.5) is 8.78 Å². The second kappa shape index (κ2) is 12.1. The van der Waals surface area contributed by atoms with Gasteiger partial charge in [0.15, 0.2) is 0 Å². The van der Waals surface area contributed by atoms with E-state index in [4.69, 9.17) is 4.74 Å². The number of alkyl halides is 2. The van der Waals surface area contributed by atoms with Gasteiger partial charge in [0, 0.05) is 19.5 Å². The first-order valence-electron chi connectivity index (χ1n) is 11.2. The summed E-state index contributed by atoms with van der Waals surface area (Å²) in [5.74, 6) is -2.13. The predicted octanol–water partition coefficient (Wildman–Crippen LogP) is 3.43. The van der Waals surface area contributed by atoms with Gasteiger partial charge < -0.3 is 19.7 Å². The molecule has 1 N–H and O–H groups in total. The number of nitrogens with one attached hydrogen (secondary N) is 1. The lowest BCUT2D eigenvalue weighted by atomic mass is 9.95. The molecule has 2 amide bonds. The third-order valence-electron chi connectivity index (χ3n) is 5.58. The molecule has 0 radical (unpaired) electrons. The smallest absolute Gasteiger partial charge is 0.387 e. The minimum absolute atomic E-state index is 0.0114. The van der Waals surface area contributed by atoms with Crippen molar-refractivity contribution >= 4 is 17.8 Å². The first-order valence-corrected chi connectivity index (χ1v) is 11.2. The Kier molecular flexibility index (Phi) is 8.95. The molecular weight excluding hydrogens is 446 g/mol. The Balaban J connectivity index is 1.69. The molecule has 1 aliphatic rings. The summed E-state index contributed by atoms with van der Waals surface area (Å²) in [5, 5.41) is 2.78. The zero-order valence-electron chi connectivity index (χ0n) is 18.9. The average Bonchev–Trinajstić information content (AvgIpc) is 2.84. The fourth-order valence-electron chi connectivity index (χ4n) is 3.96. The molecular formula is C25H28F2N2O5. The van der Waals surface area contributed by atoms with Gasteiger partial charge in [-0.3, -0.25) is 9.59 Å². The summed E-state index contributed by atoms with van der Waals surface area (Å²) in [6.45, 7) is -0.685. The van der Waals surface area contributed by atoms with Gasteiger partial charge >= 0.3 is 12.6 Å². The lowest BCUT2D eigenvalue weighted by Gasteiger charge is -2.33. The molecule has 34 heavy (non-hydrogen) atoms. The van der Waals surface area contributed by atoms with Crippen LogP contribution in [0.25, 0.3) is 0 Å². The van der Waals surface area contributed by atoms with Crippen LogP contribution in [-0.2, 0) is 20.7 Å². The van der Waals surface area contributed by atoms with E-state index in [1.165, 1.54) is 23.1 Å². The second-order valence-corrected chi connectivity index (χ2v) is 7.97. The van der Waals surface area contributed by atoms with Gasteiger partial charge in [0.25, 0.3) is 5.91 Å². The van der Waals surface area contributed by atoms with Gasteiger partial charge in [0.05, 0.1) is 18.1 Å². The predicted molar refractivity (Wildman–Crippen MR) is 120 cm³/mol. The average molecular weight is 475 g/mol. The summed E-state index contributed by atoms with van der Waals surface area (Å²) in [6.07, 6.45) is 1.37. The molecule has 1 aliphatic heterocycles. The fraction of sp³-hybridized carbons (Fsp3) is 0.400. The van der Waals surface area contributed by atoms with Gasteiger partial charge in [0.2, 0.25) is 5.91 Å². The quantitative estimate of drug-likeness (QED) is 0.563. The molecule has 0 bridgehead atoms. The van der Waals surface area contributed by atoms with Crippen molar-refractivity contribution in [2.45, 2.75) is 38.8 Å². The monoisotopic (exact) mass is 474 g/mol. The number of piperidine rings is 1. The number of hydrogen-bond donors (Lipinski definition) is 1. The summed E-state index contributed by atoms with van der Waals surface area (Å²) >= 11 is 0. The number of nitrogens with zero attached hydrogens (tertiary/aromatic N) is 1. The Morgan fingerprint density at radius 2 is 1.79 bits per heavy atom. The van der Waals surface area contributed by atoms with E-state index >= 15 is 0 Å². The van der Waals surface area contributed by atoms with Crippen LogP contribution in [0.5, 0.6) is 5.75 Å². The summed E-state index contributed by atoms with van der Waals surface area (Å²) in [5.41, 5.74) is 0.884. The van der Waals surface area contributed by atoms with Crippen LogP contribution in [0.15, 0.2) is 54.6 Å². The van der Waals surface area contributed by atoms with Crippen molar-refractivity contribution in [1.82, 2.24) is 10.2 Å². The topological polar surface area (TPSA) is 84.9 Å². The number of hydrogen-bond acceptors (Lipinski definition) is 5. The highest BCUT2D eigenvalue weighted by Crippen LogP contribution is 2.25. The van der Waals surface area contributed by atoms with Gasteiger partial charge in [-0.15, -0.1) is 0 Å². The third kappa shape index (κ3) is 6.76. The standard InChI is InChI=1S/C25H28F2N2O5/c1-2-33-24(32)20(15-17-9-4-3-5-10-17)28-22(30)18-11-8-14-29(16-18)23(31)19-12-6-7-13-21(19)34-25(26)27/h3-7,9-10,12-13,18,20,25H,2,8,11,14-16H2,1H3,(H,28,30). The van der Waals surface area contributed by atoms with E-state index in [-0.39, 0.29) is 36.8 Å². The summed E-state index contributed by atoms with van der Waals surface area (Å²) < 4.78 is 35.1. The number of halogens is 2. The van der Waals surface area contributed by atoms with Crippen LogP contribution < -0.4 is 10.1 Å². The maximum absolute atomic E-state index is 13.0. The fourth-order valence-corrected chi connectivity index (χ4v) is 3.96. The number of esters is 1. The summed E-state index contributed by atoms with van der Waals surface area (Å²) in [6, 6.07) is 14.2. The minimum Gasteiger partial charge on any atom is -0.464 e. The van der Waals surface area contributed by atoms with E-state index < -0.39 is 30.4 Å².